The van der Waals surface area contributed by atoms with E-state index in [1.165, 1.54) is 11.3 Å². The fraction of sp³-hybridized carbons (Fsp3) is 0.471. The molecule has 0 spiro atoms. The van der Waals surface area contributed by atoms with Crippen molar-refractivity contribution in [3.8, 4) is 11.4 Å². The molecule has 128 valence electrons. The van der Waals surface area contributed by atoms with Gasteiger partial charge in [0.25, 0.3) is 0 Å². The molecule has 0 saturated carbocycles. The van der Waals surface area contributed by atoms with Gasteiger partial charge in [0.05, 0.1) is 30.6 Å². The number of aromatic nitrogens is 2. The second kappa shape index (κ2) is 7.72. The van der Waals surface area contributed by atoms with Gasteiger partial charge in [0, 0.05) is 18.1 Å². The van der Waals surface area contributed by atoms with Gasteiger partial charge in [-0.3, -0.25) is 24.0 Å². The summed E-state index contributed by atoms with van der Waals surface area (Å²) < 4.78 is 6.88. The van der Waals surface area contributed by atoms with Crippen molar-refractivity contribution in [1.82, 2.24) is 14.5 Å². The predicted octanol–water partition coefficient (Wildman–Crippen LogP) is 2.20. The quantitative estimate of drug-likeness (QED) is 0.776. The maximum Gasteiger partial charge on any atom is 0.310 e. The standard InChI is InChI=1S/C17H21N3O3S/c1-2-23-16(21)13-6-5-9-19(10-13)12-20-15(11-24-17(20)22)14-7-3-4-8-18-14/h3-4,7-8,11,13H,2,5-6,9-10,12H2,1H3. The maximum absolute atomic E-state index is 12.2. The number of likely N-dealkylation sites (tertiary alicyclic amines) is 1. The van der Waals surface area contributed by atoms with E-state index in [2.05, 4.69) is 9.88 Å². The number of ether oxygens (including phenoxy) is 1. The third-order valence-electron chi connectivity index (χ3n) is 4.18. The van der Waals surface area contributed by atoms with Crippen LogP contribution < -0.4 is 4.87 Å². The molecule has 0 N–H and O–H groups in total. The van der Waals surface area contributed by atoms with Crippen LogP contribution in [-0.4, -0.2) is 40.1 Å². The van der Waals surface area contributed by atoms with Gasteiger partial charge < -0.3 is 4.74 Å². The van der Waals surface area contributed by atoms with Gasteiger partial charge in [0.15, 0.2) is 0 Å². The van der Waals surface area contributed by atoms with Crippen molar-refractivity contribution in [3.63, 3.8) is 0 Å². The van der Waals surface area contributed by atoms with E-state index in [1.54, 1.807) is 10.8 Å². The first-order valence-electron chi connectivity index (χ1n) is 8.17. The molecule has 0 radical (unpaired) electrons. The first-order chi connectivity index (χ1) is 11.7. The van der Waals surface area contributed by atoms with Gasteiger partial charge in [-0.05, 0) is 38.4 Å². The van der Waals surface area contributed by atoms with Crippen LogP contribution in [0.2, 0.25) is 0 Å². The predicted molar refractivity (Wildman–Crippen MR) is 92.7 cm³/mol. The van der Waals surface area contributed by atoms with Crippen LogP contribution in [0, 0.1) is 5.92 Å². The largest absolute Gasteiger partial charge is 0.466 e. The monoisotopic (exact) mass is 347 g/mol. The van der Waals surface area contributed by atoms with Crippen LogP contribution >= 0.6 is 11.3 Å². The van der Waals surface area contributed by atoms with E-state index in [1.807, 2.05) is 30.5 Å². The Bertz CT molecular complexity index is 741. The molecule has 0 amide bonds. The molecule has 2 aromatic rings. The second-order valence-corrected chi connectivity index (χ2v) is 6.66. The summed E-state index contributed by atoms with van der Waals surface area (Å²) in [5.41, 5.74) is 1.61. The van der Waals surface area contributed by atoms with Crippen molar-refractivity contribution in [2.45, 2.75) is 26.4 Å². The summed E-state index contributed by atoms with van der Waals surface area (Å²) in [7, 11) is 0. The van der Waals surface area contributed by atoms with Crippen molar-refractivity contribution in [2.75, 3.05) is 19.7 Å². The van der Waals surface area contributed by atoms with Crippen LogP contribution in [-0.2, 0) is 16.2 Å². The number of carbonyl (C=O) groups excluding carboxylic acids is 1. The van der Waals surface area contributed by atoms with Gasteiger partial charge in [0.2, 0.25) is 0 Å². The molecular weight excluding hydrogens is 326 g/mol. The number of esters is 1. The summed E-state index contributed by atoms with van der Waals surface area (Å²) in [6.07, 6.45) is 3.50. The Labute approximate surface area is 144 Å². The van der Waals surface area contributed by atoms with Crippen LogP contribution in [0.1, 0.15) is 19.8 Å². The Kier molecular flexibility index (Phi) is 5.42. The minimum atomic E-state index is -0.134. The van der Waals surface area contributed by atoms with E-state index < -0.39 is 0 Å². The number of rotatable bonds is 5. The Hall–Kier alpha value is -1.99. The second-order valence-electron chi connectivity index (χ2n) is 5.84. The number of piperidine rings is 1. The van der Waals surface area contributed by atoms with E-state index in [0.717, 1.165) is 30.8 Å². The summed E-state index contributed by atoms with van der Waals surface area (Å²) >= 11 is 1.18. The average Bonchev–Trinajstić information content (AvgIpc) is 2.97. The molecule has 1 saturated heterocycles. The lowest BCUT2D eigenvalue weighted by atomic mass is 9.98. The number of hydrogen-bond donors (Lipinski definition) is 0. The lowest BCUT2D eigenvalue weighted by Gasteiger charge is -2.31. The van der Waals surface area contributed by atoms with Crippen LogP contribution in [0.3, 0.4) is 0 Å². The van der Waals surface area contributed by atoms with Crippen LogP contribution in [0.5, 0.6) is 0 Å². The number of pyridine rings is 1. The molecule has 24 heavy (non-hydrogen) atoms. The number of carbonyl (C=O) groups is 1. The summed E-state index contributed by atoms with van der Waals surface area (Å²) in [6.45, 7) is 4.21. The highest BCUT2D eigenvalue weighted by atomic mass is 32.1. The van der Waals surface area contributed by atoms with E-state index in [9.17, 15) is 9.59 Å². The van der Waals surface area contributed by atoms with Crippen molar-refractivity contribution >= 4 is 17.3 Å². The molecule has 7 heteroatoms. The summed E-state index contributed by atoms with van der Waals surface area (Å²) in [6, 6.07) is 5.66. The molecule has 2 aromatic heterocycles. The van der Waals surface area contributed by atoms with Gasteiger partial charge >= 0.3 is 10.8 Å². The molecule has 0 bridgehead atoms. The van der Waals surface area contributed by atoms with Crippen molar-refractivity contribution in [1.29, 1.82) is 0 Å². The molecule has 6 nitrogen and oxygen atoms in total. The minimum absolute atomic E-state index is 0.00564. The Morgan fingerprint density at radius 3 is 3.08 bits per heavy atom. The minimum Gasteiger partial charge on any atom is -0.466 e. The molecule has 1 unspecified atom stereocenters. The number of nitrogens with zero attached hydrogens (tertiary/aromatic N) is 3. The number of thiazole rings is 1. The average molecular weight is 347 g/mol. The summed E-state index contributed by atoms with van der Waals surface area (Å²) in [5.74, 6) is -0.240. The van der Waals surface area contributed by atoms with Crippen molar-refractivity contribution < 1.29 is 9.53 Å². The fourth-order valence-corrected chi connectivity index (χ4v) is 3.76. The number of hydrogen-bond acceptors (Lipinski definition) is 6. The SMILES string of the molecule is CCOC(=O)C1CCCN(Cn2c(-c3ccccn3)csc2=O)C1. The molecule has 0 aromatic carbocycles. The van der Waals surface area contributed by atoms with Crippen LogP contribution in [0.25, 0.3) is 11.4 Å². The van der Waals surface area contributed by atoms with E-state index in [-0.39, 0.29) is 16.8 Å². The molecule has 3 heterocycles. The van der Waals surface area contributed by atoms with Crippen molar-refractivity contribution in [3.05, 3.63) is 39.4 Å². The first-order valence-corrected chi connectivity index (χ1v) is 9.05. The fourth-order valence-electron chi connectivity index (χ4n) is 3.02. The molecule has 3 rings (SSSR count). The lowest BCUT2D eigenvalue weighted by molar-refractivity contribution is -0.150. The molecular formula is C17H21N3O3S. The normalized spacial score (nSPS) is 18.5. The van der Waals surface area contributed by atoms with Crippen LogP contribution in [0.15, 0.2) is 34.6 Å². The van der Waals surface area contributed by atoms with Gasteiger partial charge in [-0.1, -0.05) is 17.4 Å². The van der Waals surface area contributed by atoms with Gasteiger partial charge in [0.1, 0.15) is 0 Å². The molecule has 1 atom stereocenters. The third kappa shape index (κ3) is 3.73. The maximum atomic E-state index is 12.2. The summed E-state index contributed by atoms with van der Waals surface area (Å²) in [5, 5.41) is 1.84. The highest BCUT2D eigenvalue weighted by molar-refractivity contribution is 7.07. The molecule has 1 aliphatic rings. The zero-order valence-electron chi connectivity index (χ0n) is 13.7. The van der Waals surface area contributed by atoms with E-state index in [4.69, 9.17) is 4.74 Å². The zero-order chi connectivity index (χ0) is 16.9. The summed E-state index contributed by atoms with van der Waals surface area (Å²) in [4.78, 5) is 30.7. The Morgan fingerprint density at radius 2 is 2.33 bits per heavy atom. The van der Waals surface area contributed by atoms with E-state index in [0.29, 0.717) is 19.8 Å². The molecule has 1 fully saturated rings. The van der Waals surface area contributed by atoms with Gasteiger partial charge in [-0.2, -0.15) is 0 Å². The lowest BCUT2D eigenvalue weighted by Crippen LogP contribution is -2.41. The Morgan fingerprint density at radius 1 is 1.46 bits per heavy atom. The Balaban J connectivity index is 1.76. The highest BCUT2D eigenvalue weighted by Crippen LogP contribution is 2.21. The highest BCUT2D eigenvalue weighted by Gasteiger charge is 2.27. The van der Waals surface area contributed by atoms with Gasteiger partial charge in [-0.15, -0.1) is 0 Å². The van der Waals surface area contributed by atoms with Crippen molar-refractivity contribution in [2.24, 2.45) is 5.92 Å². The van der Waals surface area contributed by atoms with Gasteiger partial charge in [-0.25, -0.2) is 0 Å². The smallest absolute Gasteiger partial charge is 0.310 e. The van der Waals surface area contributed by atoms with Crippen LogP contribution in [0.4, 0.5) is 0 Å². The topological polar surface area (TPSA) is 64.4 Å². The molecule has 1 aliphatic heterocycles. The third-order valence-corrected chi connectivity index (χ3v) is 4.94. The molecule has 0 aliphatic carbocycles. The zero-order valence-corrected chi connectivity index (χ0v) is 14.5. The van der Waals surface area contributed by atoms with E-state index >= 15 is 0 Å². The first kappa shape index (κ1) is 16.9.